The molecule has 1 rings (SSSR count). The van der Waals surface area contributed by atoms with Crippen molar-refractivity contribution in [2.45, 2.75) is 71.6 Å². The summed E-state index contributed by atoms with van der Waals surface area (Å²) in [4.78, 5) is 10.7. The Morgan fingerprint density at radius 2 is 1.71 bits per heavy atom. The summed E-state index contributed by atoms with van der Waals surface area (Å²) in [5.41, 5.74) is 2.26. The molecule has 1 N–H and O–H groups in total. The van der Waals surface area contributed by atoms with E-state index >= 15 is 0 Å². The van der Waals surface area contributed by atoms with Gasteiger partial charge in [-0.3, -0.25) is 0 Å². The van der Waals surface area contributed by atoms with E-state index in [0.29, 0.717) is 5.75 Å². The van der Waals surface area contributed by atoms with Crippen molar-refractivity contribution in [3.63, 3.8) is 0 Å². The van der Waals surface area contributed by atoms with Crippen LogP contribution in [0.4, 0.5) is 4.79 Å². The van der Waals surface area contributed by atoms with Crippen molar-refractivity contribution in [1.82, 2.24) is 0 Å². The molecule has 0 saturated heterocycles. The molecule has 118 valence electrons. The Balaban J connectivity index is 2.45. The molecule has 0 heterocycles. The summed E-state index contributed by atoms with van der Waals surface area (Å²) in [7, 11) is 0. The Bertz CT molecular complexity index is 426. The molecule has 0 aliphatic rings. The van der Waals surface area contributed by atoms with Gasteiger partial charge in [0, 0.05) is 0 Å². The molecule has 0 unspecified atom stereocenters. The lowest BCUT2D eigenvalue weighted by Gasteiger charge is -2.12. The number of hydrogen-bond acceptors (Lipinski definition) is 2. The van der Waals surface area contributed by atoms with E-state index < -0.39 is 6.16 Å². The van der Waals surface area contributed by atoms with Gasteiger partial charge in [-0.15, -0.1) is 0 Å². The van der Waals surface area contributed by atoms with Gasteiger partial charge in [0.2, 0.25) is 0 Å². The number of carboxylic acid groups (broad SMARTS) is 1. The number of unbranched alkanes of at least 4 members (excludes halogenated alkanes) is 6. The monoisotopic (exact) mass is 292 g/mol. The van der Waals surface area contributed by atoms with Gasteiger partial charge in [0.05, 0.1) is 0 Å². The van der Waals surface area contributed by atoms with Gasteiger partial charge >= 0.3 is 6.16 Å². The van der Waals surface area contributed by atoms with Crippen LogP contribution in [0.5, 0.6) is 5.75 Å². The fraction of sp³-hybridized carbons (Fsp3) is 0.611. The molecule has 0 aliphatic carbocycles. The minimum absolute atomic E-state index is 0.491. The molecule has 0 fully saturated rings. The SMILES string of the molecule is CCCCCCCCCc1cccc(OC(=O)O)c1CC. The third-order valence-corrected chi connectivity index (χ3v) is 3.83. The smallest absolute Gasteiger partial charge is 0.449 e. The molecule has 0 aliphatic heterocycles. The summed E-state index contributed by atoms with van der Waals surface area (Å²) in [6.45, 7) is 4.27. The molecule has 0 saturated carbocycles. The first-order valence-electron chi connectivity index (χ1n) is 8.20. The van der Waals surface area contributed by atoms with Crippen LogP contribution in [-0.2, 0) is 12.8 Å². The number of rotatable bonds is 10. The summed E-state index contributed by atoms with van der Waals surface area (Å²) < 4.78 is 4.87. The summed E-state index contributed by atoms with van der Waals surface area (Å²) in [6, 6.07) is 5.71. The van der Waals surface area contributed by atoms with E-state index in [0.717, 1.165) is 24.8 Å². The van der Waals surface area contributed by atoms with Crippen LogP contribution >= 0.6 is 0 Å². The summed E-state index contributed by atoms with van der Waals surface area (Å²) in [5, 5.41) is 8.77. The maximum Gasteiger partial charge on any atom is 0.511 e. The highest BCUT2D eigenvalue weighted by Crippen LogP contribution is 2.25. The van der Waals surface area contributed by atoms with Crippen LogP contribution in [-0.4, -0.2) is 11.3 Å². The van der Waals surface area contributed by atoms with Gasteiger partial charge < -0.3 is 9.84 Å². The molecule has 0 spiro atoms. The first kappa shape index (κ1) is 17.5. The Morgan fingerprint density at radius 1 is 1.05 bits per heavy atom. The van der Waals surface area contributed by atoms with Crippen molar-refractivity contribution in [2.24, 2.45) is 0 Å². The fourth-order valence-electron chi connectivity index (χ4n) is 2.71. The second kappa shape index (κ2) is 10.3. The lowest BCUT2D eigenvalue weighted by Crippen LogP contribution is -2.06. The number of aryl methyl sites for hydroxylation is 1. The highest BCUT2D eigenvalue weighted by atomic mass is 16.7. The normalized spacial score (nSPS) is 10.6. The van der Waals surface area contributed by atoms with Crippen molar-refractivity contribution in [1.29, 1.82) is 0 Å². The third kappa shape index (κ3) is 6.65. The zero-order valence-corrected chi connectivity index (χ0v) is 13.4. The Kier molecular flexibility index (Phi) is 8.56. The van der Waals surface area contributed by atoms with Gasteiger partial charge in [0.25, 0.3) is 0 Å². The molecular formula is C18H28O3. The van der Waals surface area contributed by atoms with Crippen LogP contribution in [0.25, 0.3) is 0 Å². The number of benzene rings is 1. The highest BCUT2D eigenvalue weighted by Gasteiger charge is 2.10. The maximum atomic E-state index is 10.7. The topological polar surface area (TPSA) is 46.5 Å². The maximum absolute atomic E-state index is 10.7. The second-order valence-electron chi connectivity index (χ2n) is 5.49. The molecule has 0 amide bonds. The molecule has 1 aromatic rings. The van der Waals surface area contributed by atoms with Gasteiger partial charge in [-0.2, -0.15) is 0 Å². The zero-order valence-electron chi connectivity index (χ0n) is 13.4. The molecule has 0 aromatic heterocycles. The fourth-order valence-corrected chi connectivity index (χ4v) is 2.71. The van der Waals surface area contributed by atoms with Gasteiger partial charge in [0.1, 0.15) is 5.75 Å². The van der Waals surface area contributed by atoms with Crippen LogP contribution < -0.4 is 4.74 Å². The largest absolute Gasteiger partial charge is 0.511 e. The zero-order chi connectivity index (χ0) is 15.5. The van der Waals surface area contributed by atoms with Crippen molar-refractivity contribution >= 4 is 6.16 Å². The molecule has 0 bridgehead atoms. The van der Waals surface area contributed by atoms with E-state index in [1.807, 2.05) is 13.0 Å². The van der Waals surface area contributed by atoms with Crippen molar-refractivity contribution in [2.75, 3.05) is 0 Å². The Hall–Kier alpha value is -1.51. The van der Waals surface area contributed by atoms with Gasteiger partial charge in [-0.25, -0.2) is 4.79 Å². The first-order valence-corrected chi connectivity index (χ1v) is 8.20. The molecule has 21 heavy (non-hydrogen) atoms. The predicted octanol–water partition coefficient (Wildman–Crippen LogP) is 5.60. The van der Waals surface area contributed by atoms with Gasteiger partial charge in [0.15, 0.2) is 0 Å². The van der Waals surface area contributed by atoms with Gasteiger partial charge in [-0.1, -0.05) is 64.5 Å². The Morgan fingerprint density at radius 3 is 2.33 bits per heavy atom. The van der Waals surface area contributed by atoms with Crippen LogP contribution in [0.1, 0.15) is 69.9 Å². The second-order valence-corrected chi connectivity index (χ2v) is 5.49. The summed E-state index contributed by atoms with van der Waals surface area (Å²) in [5.74, 6) is 0.491. The predicted molar refractivity (Wildman–Crippen MR) is 86.2 cm³/mol. The minimum Gasteiger partial charge on any atom is -0.449 e. The van der Waals surface area contributed by atoms with Crippen molar-refractivity contribution < 1.29 is 14.6 Å². The quantitative estimate of drug-likeness (QED) is 0.347. The van der Waals surface area contributed by atoms with Crippen molar-refractivity contribution in [3.8, 4) is 5.75 Å². The number of hydrogen-bond donors (Lipinski definition) is 1. The van der Waals surface area contributed by atoms with E-state index in [-0.39, 0.29) is 0 Å². The third-order valence-electron chi connectivity index (χ3n) is 3.83. The summed E-state index contributed by atoms with van der Waals surface area (Å²) >= 11 is 0. The van der Waals surface area contributed by atoms with Crippen LogP contribution in [0.3, 0.4) is 0 Å². The van der Waals surface area contributed by atoms with E-state index in [2.05, 4.69) is 13.0 Å². The standard InChI is InChI=1S/C18H28O3/c1-3-5-6-7-8-9-10-12-15-13-11-14-17(16(15)4-2)21-18(19)20/h11,13-14H,3-10,12H2,1-2H3,(H,19,20). The molecule has 1 aromatic carbocycles. The van der Waals surface area contributed by atoms with E-state index in [1.54, 1.807) is 6.07 Å². The molecule has 0 radical (unpaired) electrons. The summed E-state index contributed by atoms with van der Waals surface area (Å²) in [6.07, 6.45) is 9.58. The Labute approximate surface area is 128 Å². The van der Waals surface area contributed by atoms with E-state index in [1.165, 1.54) is 44.1 Å². The lowest BCUT2D eigenvalue weighted by atomic mass is 9.98. The highest BCUT2D eigenvalue weighted by molar-refractivity contribution is 5.62. The van der Waals surface area contributed by atoms with E-state index in [9.17, 15) is 4.79 Å². The van der Waals surface area contributed by atoms with Crippen molar-refractivity contribution in [3.05, 3.63) is 29.3 Å². The average Bonchev–Trinajstić information content (AvgIpc) is 2.46. The molecule has 3 heteroatoms. The minimum atomic E-state index is -1.24. The molecular weight excluding hydrogens is 264 g/mol. The van der Waals surface area contributed by atoms with Crippen LogP contribution in [0.15, 0.2) is 18.2 Å². The van der Waals surface area contributed by atoms with Crippen LogP contribution in [0, 0.1) is 0 Å². The van der Waals surface area contributed by atoms with Crippen LogP contribution in [0.2, 0.25) is 0 Å². The first-order chi connectivity index (χ1) is 10.2. The molecule has 3 nitrogen and oxygen atoms in total. The number of carbonyl (C=O) groups is 1. The average molecular weight is 292 g/mol. The number of ether oxygens (including phenoxy) is 1. The molecule has 0 atom stereocenters. The van der Waals surface area contributed by atoms with Gasteiger partial charge in [-0.05, 0) is 36.5 Å². The van der Waals surface area contributed by atoms with E-state index in [4.69, 9.17) is 9.84 Å². The lowest BCUT2D eigenvalue weighted by molar-refractivity contribution is 0.144.